The summed E-state index contributed by atoms with van der Waals surface area (Å²) in [5.41, 5.74) is 4.69. The number of hydrogen-bond acceptors (Lipinski definition) is 2. The molecule has 2 heterocycles. The van der Waals surface area contributed by atoms with Gasteiger partial charge >= 0.3 is 0 Å². The molecule has 0 atom stereocenters. The van der Waals surface area contributed by atoms with Crippen molar-refractivity contribution >= 4 is 27.7 Å². The predicted molar refractivity (Wildman–Crippen MR) is 88.0 cm³/mol. The summed E-state index contributed by atoms with van der Waals surface area (Å²) in [4.78, 5) is 19.5. The van der Waals surface area contributed by atoms with E-state index in [-0.39, 0.29) is 5.78 Å². The molecule has 0 saturated carbocycles. The lowest BCUT2D eigenvalue weighted by atomic mass is 10.1. The Morgan fingerprint density at radius 1 is 1.18 bits per heavy atom. The summed E-state index contributed by atoms with van der Waals surface area (Å²) in [5, 5.41) is 1.16. The summed E-state index contributed by atoms with van der Waals surface area (Å²) < 4.78 is 2.10. The van der Waals surface area contributed by atoms with Gasteiger partial charge in [0, 0.05) is 35.3 Å². The molecule has 4 rings (SSSR count). The highest BCUT2D eigenvalue weighted by Gasteiger charge is 2.12. The van der Waals surface area contributed by atoms with Gasteiger partial charge in [0.15, 0.2) is 5.78 Å². The average molecular weight is 289 g/mol. The van der Waals surface area contributed by atoms with Crippen molar-refractivity contribution in [1.29, 1.82) is 0 Å². The fourth-order valence-electron chi connectivity index (χ4n) is 2.89. The third-order valence-corrected chi connectivity index (χ3v) is 4.04. The van der Waals surface area contributed by atoms with Crippen molar-refractivity contribution in [3.8, 4) is 11.4 Å². The number of carbonyl (C=O) groups excluding carboxylic acids is 1. The van der Waals surface area contributed by atoms with Gasteiger partial charge in [0.05, 0.1) is 11.0 Å². The van der Waals surface area contributed by atoms with Gasteiger partial charge in [0.2, 0.25) is 0 Å². The lowest BCUT2D eigenvalue weighted by molar-refractivity contribution is 0.101. The van der Waals surface area contributed by atoms with Crippen LogP contribution in [0.4, 0.5) is 0 Å². The molecule has 0 spiro atoms. The molecule has 2 aromatic heterocycles. The Morgan fingerprint density at radius 3 is 2.82 bits per heavy atom. The molecule has 4 nitrogen and oxygen atoms in total. The monoisotopic (exact) mass is 289 g/mol. The zero-order valence-electron chi connectivity index (χ0n) is 12.4. The van der Waals surface area contributed by atoms with Gasteiger partial charge in [0.1, 0.15) is 5.82 Å². The second-order valence-corrected chi connectivity index (χ2v) is 5.54. The van der Waals surface area contributed by atoms with E-state index in [4.69, 9.17) is 0 Å². The van der Waals surface area contributed by atoms with Gasteiger partial charge in [-0.15, -0.1) is 0 Å². The molecule has 1 N–H and O–H groups in total. The summed E-state index contributed by atoms with van der Waals surface area (Å²) in [6.45, 7) is 1.57. The number of benzene rings is 2. The lowest BCUT2D eigenvalue weighted by Gasteiger charge is -1.94. The Bertz CT molecular complexity index is 1020. The van der Waals surface area contributed by atoms with Crippen LogP contribution in [0.1, 0.15) is 17.3 Å². The SMILES string of the molecule is CC(=O)c1ccc2nc(-c3cn(C)c4ccccc34)[nH]c2c1. The number of rotatable bonds is 2. The second-order valence-electron chi connectivity index (χ2n) is 5.54. The number of Topliss-reactive ketones (excluding diaryl/α,β-unsaturated/α-hetero) is 1. The van der Waals surface area contributed by atoms with E-state index in [2.05, 4.69) is 32.9 Å². The number of nitrogens with zero attached hydrogens (tertiary/aromatic N) is 2. The Hall–Kier alpha value is -2.88. The van der Waals surface area contributed by atoms with Gasteiger partial charge in [-0.2, -0.15) is 0 Å². The van der Waals surface area contributed by atoms with Crippen molar-refractivity contribution < 1.29 is 4.79 Å². The molecule has 0 unspecified atom stereocenters. The Morgan fingerprint density at radius 2 is 2.00 bits per heavy atom. The van der Waals surface area contributed by atoms with Crippen molar-refractivity contribution in [3.63, 3.8) is 0 Å². The van der Waals surface area contributed by atoms with Gasteiger partial charge in [0.25, 0.3) is 0 Å². The topological polar surface area (TPSA) is 50.7 Å². The number of aryl methyl sites for hydroxylation is 1. The van der Waals surface area contributed by atoms with Gasteiger partial charge in [-0.05, 0) is 31.2 Å². The van der Waals surface area contributed by atoms with Crippen LogP contribution in [0.25, 0.3) is 33.3 Å². The smallest absolute Gasteiger partial charge is 0.159 e. The van der Waals surface area contributed by atoms with E-state index >= 15 is 0 Å². The van der Waals surface area contributed by atoms with Crippen LogP contribution in [-0.4, -0.2) is 20.3 Å². The van der Waals surface area contributed by atoms with E-state index in [1.807, 2.05) is 37.4 Å². The van der Waals surface area contributed by atoms with Crippen LogP contribution >= 0.6 is 0 Å². The fourth-order valence-corrected chi connectivity index (χ4v) is 2.89. The van der Waals surface area contributed by atoms with E-state index in [1.54, 1.807) is 6.92 Å². The van der Waals surface area contributed by atoms with Crippen molar-refractivity contribution in [2.75, 3.05) is 0 Å². The Labute approximate surface area is 127 Å². The quantitative estimate of drug-likeness (QED) is 0.568. The normalized spacial score (nSPS) is 11.4. The predicted octanol–water partition coefficient (Wildman–Crippen LogP) is 3.92. The number of aromatic nitrogens is 3. The van der Waals surface area contributed by atoms with Crippen LogP contribution in [0.2, 0.25) is 0 Å². The molecule has 0 bridgehead atoms. The molecule has 108 valence electrons. The summed E-state index contributed by atoms with van der Waals surface area (Å²) in [5.74, 6) is 0.885. The zero-order chi connectivity index (χ0) is 15.3. The number of hydrogen-bond donors (Lipinski definition) is 1. The number of nitrogens with one attached hydrogen (secondary N) is 1. The Balaban J connectivity index is 1.95. The molecule has 0 aliphatic heterocycles. The van der Waals surface area contributed by atoms with Crippen LogP contribution in [0.5, 0.6) is 0 Å². The molecule has 0 amide bonds. The first-order valence-corrected chi connectivity index (χ1v) is 7.18. The molecule has 4 aromatic rings. The number of carbonyl (C=O) groups is 1. The third-order valence-electron chi connectivity index (χ3n) is 4.04. The van der Waals surface area contributed by atoms with Crippen LogP contribution in [-0.2, 0) is 7.05 Å². The highest BCUT2D eigenvalue weighted by Crippen LogP contribution is 2.29. The van der Waals surface area contributed by atoms with Crippen molar-refractivity contribution in [1.82, 2.24) is 14.5 Å². The van der Waals surface area contributed by atoms with Crippen LogP contribution in [0.3, 0.4) is 0 Å². The van der Waals surface area contributed by atoms with E-state index in [0.29, 0.717) is 5.56 Å². The highest BCUT2D eigenvalue weighted by molar-refractivity contribution is 5.99. The highest BCUT2D eigenvalue weighted by atomic mass is 16.1. The molecule has 0 radical (unpaired) electrons. The van der Waals surface area contributed by atoms with Gasteiger partial charge in [-0.3, -0.25) is 4.79 Å². The fraction of sp³-hybridized carbons (Fsp3) is 0.111. The van der Waals surface area contributed by atoms with E-state index in [9.17, 15) is 4.79 Å². The molecule has 4 heteroatoms. The van der Waals surface area contributed by atoms with E-state index < -0.39 is 0 Å². The first-order chi connectivity index (χ1) is 10.6. The number of aromatic amines is 1. The number of ketones is 1. The maximum Gasteiger partial charge on any atom is 0.159 e. The number of fused-ring (bicyclic) bond motifs is 2. The maximum absolute atomic E-state index is 11.5. The average Bonchev–Trinajstić information content (AvgIpc) is 3.08. The van der Waals surface area contributed by atoms with Gasteiger partial charge in [-0.1, -0.05) is 18.2 Å². The van der Waals surface area contributed by atoms with Crippen LogP contribution < -0.4 is 0 Å². The van der Waals surface area contributed by atoms with Crippen LogP contribution in [0.15, 0.2) is 48.7 Å². The summed E-state index contributed by atoms with van der Waals surface area (Å²) >= 11 is 0. The zero-order valence-corrected chi connectivity index (χ0v) is 12.4. The molecule has 22 heavy (non-hydrogen) atoms. The first-order valence-electron chi connectivity index (χ1n) is 7.18. The molecular weight excluding hydrogens is 274 g/mol. The van der Waals surface area contributed by atoms with Crippen molar-refractivity contribution in [2.24, 2.45) is 7.05 Å². The molecular formula is C18H15N3O. The number of para-hydroxylation sites is 1. The minimum Gasteiger partial charge on any atom is -0.350 e. The molecule has 0 aliphatic carbocycles. The summed E-state index contributed by atoms with van der Waals surface area (Å²) in [6.07, 6.45) is 2.08. The van der Waals surface area contributed by atoms with Crippen molar-refractivity contribution in [2.45, 2.75) is 6.92 Å². The number of H-pyrrole nitrogens is 1. The van der Waals surface area contributed by atoms with Gasteiger partial charge in [-0.25, -0.2) is 4.98 Å². The van der Waals surface area contributed by atoms with E-state index in [0.717, 1.165) is 27.8 Å². The summed E-state index contributed by atoms with van der Waals surface area (Å²) in [7, 11) is 2.03. The first kappa shape index (κ1) is 12.8. The van der Waals surface area contributed by atoms with Gasteiger partial charge < -0.3 is 9.55 Å². The third kappa shape index (κ3) is 1.84. The molecule has 0 saturated heterocycles. The van der Waals surface area contributed by atoms with E-state index in [1.165, 1.54) is 5.52 Å². The summed E-state index contributed by atoms with van der Waals surface area (Å²) in [6, 6.07) is 13.8. The molecule has 0 fully saturated rings. The maximum atomic E-state index is 11.5. The minimum atomic E-state index is 0.0585. The second kappa shape index (κ2) is 4.56. The van der Waals surface area contributed by atoms with Crippen molar-refractivity contribution in [3.05, 3.63) is 54.2 Å². The largest absolute Gasteiger partial charge is 0.350 e. The number of imidazole rings is 1. The lowest BCUT2D eigenvalue weighted by Crippen LogP contribution is -1.90. The Kier molecular flexibility index (Phi) is 2.66. The molecule has 2 aromatic carbocycles. The standard InChI is InChI=1S/C18H15N3O/c1-11(22)12-7-8-15-16(9-12)20-18(19-15)14-10-21(2)17-6-4-3-5-13(14)17/h3-10H,1-2H3,(H,19,20). The molecule has 0 aliphatic rings. The minimum absolute atomic E-state index is 0.0585. The van der Waals surface area contributed by atoms with Crippen LogP contribution in [0, 0.1) is 0 Å².